The Bertz CT molecular complexity index is 3180. The van der Waals surface area contributed by atoms with Gasteiger partial charge in [-0.1, -0.05) is 123 Å². The van der Waals surface area contributed by atoms with Crippen LogP contribution < -0.4 is 48.7 Å². The SMILES string of the molecule is CC(=O)CC1CCSSCC(C(=O)NC(CCCCCNC(C)C)C(=O)NCCOCCOCCOCCOCCOCCOCCC(=O)O)CC(=O)CNC(=O)C(Cc2ccc3ccccc3c2)CC(=O)[C@@H](CCCN=C(N)N)NC(=O)C(CCCCNC(C)C)CC(=O)C(Cc2ccc(O)cc2)NC1=O. The van der Waals surface area contributed by atoms with Gasteiger partial charge in [0, 0.05) is 80.1 Å². The molecular formula is C77H120N10O18S2. The third-order valence-corrected chi connectivity index (χ3v) is 20.0. The number of carboxylic acid groups (broad SMARTS) is 1. The zero-order valence-corrected chi connectivity index (χ0v) is 65.0. The third kappa shape index (κ3) is 42.4. The summed E-state index contributed by atoms with van der Waals surface area (Å²) in [5, 5.41) is 42.0. The first-order chi connectivity index (χ1) is 51.5. The second-order valence-electron chi connectivity index (χ2n) is 27.5. The van der Waals surface area contributed by atoms with Crippen LogP contribution in [0, 0.1) is 23.7 Å². The molecule has 1 fully saturated rings. The molecule has 13 N–H and O–H groups in total. The molecule has 6 unspecified atom stereocenters. The highest BCUT2D eigenvalue weighted by atomic mass is 33.1. The van der Waals surface area contributed by atoms with Gasteiger partial charge in [0.15, 0.2) is 23.3 Å². The van der Waals surface area contributed by atoms with E-state index in [1.807, 2.05) is 56.3 Å². The van der Waals surface area contributed by atoms with E-state index in [0.29, 0.717) is 84.2 Å². The molecule has 0 bridgehead atoms. The number of guanidine groups is 1. The summed E-state index contributed by atoms with van der Waals surface area (Å²) in [6.45, 7) is 14.1. The summed E-state index contributed by atoms with van der Waals surface area (Å²) in [7, 11) is 2.58. The van der Waals surface area contributed by atoms with Crippen molar-refractivity contribution in [2.75, 3.05) is 124 Å². The maximum Gasteiger partial charge on any atom is 0.305 e. The van der Waals surface area contributed by atoms with Crippen LogP contribution in [0.3, 0.4) is 0 Å². The molecule has 1 aliphatic rings. The minimum absolute atomic E-state index is 0.0153. The molecule has 0 radical (unpaired) electrons. The fourth-order valence-electron chi connectivity index (χ4n) is 11.7. The molecule has 4 rings (SSSR count). The lowest BCUT2D eigenvalue weighted by Crippen LogP contribution is -2.50. The van der Waals surface area contributed by atoms with Gasteiger partial charge in [0.05, 0.1) is 110 Å². The standard InChI is InChI=1S/C77H120N10O18S2/c1-53(2)80-27-11-6-7-17-67(76(99)82-30-32-101-34-36-103-38-40-105-42-41-104-39-37-102-35-33-100-31-25-71(93)94)86-75(98)63-48-65(90)51-84-72(95)62(46-57-19-22-58-14-8-9-15-59(58)45-57)50-69(91)66(18-13-29-83-77(78)79)85-73(96)60(16-10-12-28-81-54(3)4)49-70(92)68(47-56-20-23-64(89)24-21-56)87-74(97)61(44-55(5)88)26-43-106-107-52-63/h8-9,14-15,19-24,45,53-54,60-63,66-68,80-81,89H,6-7,10-13,16-18,25-44,46-52H2,1-5H3,(H,82,99)(H,84,95)(H,85,96)(H,86,98)(H,87,97)(H,93,94)(H4,78,79,83)/t60?,61?,62?,63?,66-,67?,68?/m1/s1. The van der Waals surface area contributed by atoms with Crippen molar-refractivity contribution in [2.45, 2.75) is 174 Å². The maximum atomic E-state index is 15.1. The number of phenolic OH excluding ortho intramolecular Hbond substituents is 1. The van der Waals surface area contributed by atoms with Crippen molar-refractivity contribution in [1.82, 2.24) is 37.2 Å². The van der Waals surface area contributed by atoms with Crippen molar-refractivity contribution in [1.29, 1.82) is 0 Å². The summed E-state index contributed by atoms with van der Waals surface area (Å²) >= 11 is 0. The summed E-state index contributed by atoms with van der Waals surface area (Å²) in [6, 6.07) is 16.6. The molecule has 3 aromatic rings. The number of phenols is 1. The Hall–Kier alpha value is -7.13. The highest BCUT2D eigenvalue weighted by Crippen LogP contribution is 2.30. The van der Waals surface area contributed by atoms with E-state index in [9.17, 15) is 48.3 Å². The van der Waals surface area contributed by atoms with E-state index in [1.54, 1.807) is 12.1 Å². The first-order valence-corrected chi connectivity index (χ1v) is 40.2. The van der Waals surface area contributed by atoms with Crippen LogP contribution in [0.4, 0.5) is 0 Å². The number of aliphatic carboxylic acids is 1. The molecule has 0 spiro atoms. The number of fused-ring (bicyclic) bond motifs is 1. The number of nitrogens with one attached hydrogen (secondary N) is 7. The number of aliphatic imine (C=N–C) groups is 1. The normalized spacial score (nSPS) is 18.8. The first kappa shape index (κ1) is 92.3. The zero-order chi connectivity index (χ0) is 78.0. The maximum absolute atomic E-state index is 15.1. The first-order valence-electron chi connectivity index (χ1n) is 37.7. The summed E-state index contributed by atoms with van der Waals surface area (Å²) in [4.78, 5) is 145. The van der Waals surface area contributed by atoms with Crippen molar-refractivity contribution >= 4 is 97.0 Å². The number of carboxylic acids is 1. The molecule has 107 heavy (non-hydrogen) atoms. The Morgan fingerprint density at radius 3 is 1.79 bits per heavy atom. The van der Waals surface area contributed by atoms with Crippen LogP contribution in [0.25, 0.3) is 10.8 Å². The van der Waals surface area contributed by atoms with Crippen molar-refractivity contribution in [3.8, 4) is 5.75 Å². The van der Waals surface area contributed by atoms with E-state index in [-0.39, 0.29) is 151 Å². The number of hydrogen-bond acceptors (Lipinski definition) is 22. The Kier molecular flexibility index (Phi) is 47.7. The molecule has 1 heterocycles. The largest absolute Gasteiger partial charge is 0.508 e. The van der Waals surface area contributed by atoms with Crippen LogP contribution in [0.1, 0.15) is 142 Å². The monoisotopic (exact) mass is 1540 g/mol. The molecule has 0 aliphatic carbocycles. The number of rotatable bonds is 47. The number of hydrogen-bond donors (Lipinski definition) is 11. The van der Waals surface area contributed by atoms with E-state index in [1.165, 1.54) is 40.6 Å². The second-order valence-corrected chi connectivity index (χ2v) is 30.1. The van der Waals surface area contributed by atoms with Gasteiger partial charge >= 0.3 is 5.97 Å². The topological polar surface area (TPSA) is 415 Å². The minimum atomic E-state index is -1.20. The Balaban J connectivity index is 1.60. The van der Waals surface area contributed by atoms with Crippen molar-refractivity contribution in [2.24, 2.45) is 40.1 Å². The molecule has 28 nitrogen and oxygen atoms in total. The number of Topliss-reactive ketones (excluding diaryl/α,β-unsaturated/α-hetero) is 4. The second kappa shape index (κ2) is 55.3. The van der Waals surface area contributed by atoms with Crippen LogP contribution in [0.5, 0.6) is 5.75 Å². The number of carbonyl (C=O) groups is 10. The molecule has 30 heteroatoms. The number of nitrogens with two attached hydrogens (primary N) is 2. The lowest BCUT2D eigenvalue weighted by molar-refractivity contribution is -0.138. The van der Waals surface area contributed by atoms with Crippen molar-refractivity contribution < 1.29 is 86.6 Å². The molecule has 5 amide bonds. The number of unbranched alkanes of at least 4 members (excludes halogenated alkanes) is 3. The van der Waals surface area contributed by atoms with Gasteiger partial charge in [-0.15, -0.1) is 0 Å². The number of carbonyl (C=O) groups excluding carboxylic acids is 9. The van der Waals surface area contributed by atoms with Gasteiger partial charge in [-0.05, 0) is 112 Å². The average molecular weight is 1540 g/mol. The van der Waals surface area contributed by atoms with E-state index >= 15 is 4.79 Å². The van der Waals surface area contributed by atoms with Crippen LogP contribution in [0.15, 0.2) is 71.7 Å². The quantitative estimate of drug-likeness (QED) is 0.0144. The fourth-order valence-corrected chi connectivity index (χ4v) is 14.2. The van der Waals surface area contributed by atoms with Gasteiger partial charge in [-0.3, -0.25) is 48.1 Å². The van der Waals surface area contributed by atoms with Gasteiger partial charge in [0.2, 0.25) is 29.5 Å². The predicted octanol–water partition coefficient (Wildman–Crippen LogP) is 5.48. The van der Waals surface area contributed by atoms with Gasteiger partial charge in [-0.2, -0.15) is 0 Å². The van der Waals surface area contributed by atoms with Gasteiger partial charge in [0.1, 0.15) is 17.6 Å². The predicted molar refractivity (Wildman–Crippen MR) is 415 cm³/mol. The van der Waals surface area contributed by atoms with Crippen LogP contribution in [-0.4, -0.2) is 229 Å². The van der Waals surface area contributed by atoms with Gasteiger partial charge < -0.3 is 92.1 Å². The zero-order valence-electron chi connectivity index (χ0n) is 63.3. The van der Waals surface area contributed by atoms with E-state index in [4.69, 9.17) is 45.0 Å². The number of aromatic hydroxyl groups is 1. The molecule has 3 aromatic carbocycles. The third-order valence-electron chi connectivity index (χ3n) is 17.5. The Labute approximate surface area is 638 Å². The number of benzene rings is 3. The fraction of sp³-hybridized carbons (Fsp3) is 0.649. The molecule has 0 saturated carbocycles. The Morgan fingerprint density at radius 1 is 0.598 bits per heavy atom. The number of amides is 5. The van der Waals surface area contributed by atoms with Gasteiger partial charge in [0.25, 0.3) is 0 Å². The van der Waals surface area contributed by atoms with Crippen molar-refractivity contribution in [3.63, 3.8) is 0 Å². The molecule has 1 aliphatic heterocycles. The smallest absolute Gasteiger partial charge is 0.305 e. The summed E-state index contributed by atoms with van der Waals surface area (Å²) in [6.07, 6.45) is 2.98. The molecule has 598 valence electrons. The lowest BCUT2D eigenvalue weighted by Gasteiger charge is -2.26. The highest BCUT2D eigenvalue weighted by molar-refractivity contribution is 8.76. The Morgan fingerprint density at radius 2 is 1.17 bits per heavy atom. The molecule has 1 saturated heterocycles. The van der Waals surface area contributed by atoms with Crippen LogP contribution in [-0.2, 0) is 89.2 Å². The number of nitrogens with zero attached hydrogens (tertiary/aromatic N) is 1. The average Bonchev–Trinajstić information content (AvgIpc) is 0.826. The molecular weight excluding hydrogens is 1420 g/mol. The summed E-state index contributed by atoms with van der Waals surface area (Å²) in [5.74, 6) is -9.36. The molecule has 7 atom stereocenters. The summed E-state index contributed by atoms with van der Waals surface area (Å²) < 4.78 is 33.0. The van der Waals surface area contributed by atoms with Crippen LogP contribution >= 0.6 is 21.6 Å². The van der Waals surface area contributed by atoms with E-state index in [0.717, 1.165) is 35.7 Å². The van der Waals surface area contributed by atoms with E-state index < -0.39 is 108 Å². The van der Waals surface area contributed by atoms with Gasteiger partial charge in [-0.25, -0.2) is 0 Å². The number of ether oxygens (including phenoxy) is 6. The van der Waals surface area contributed by atoms with Crippen molar-refractivity contribution in [3.05, 3.63) is 77.9 Å². The van der Waals surface area contributed by atoms with E-state index in [2.05, 4.69) is 56.1 Å². The molecule has 0 aromatic heterocycles. The minimum Gasteiger partial charge on any atom is -0.508 e. The van der Waals surface area contributed by atoms with Crippen LogP contribution in [0.2, 0.25) is 0 Å². The number of ketones is 4. The summed E-state index contributed by atoms with van der Waals surface area (Å²) in [5.41, 5.74) is 12.7. The highest BCUT2D eigenvalue weighted by Gasteiger charge is 2.35. The lowest BCUT2D eigenvalue weighted by atomic mass is 9.88.